The topological polar surface area (TPSA) is 58.5 Å². The van der Waals surface area contributed by atoms with Crippen molar-refractivity contribution in [2.45, 2.75) is 52.6 Å². The molecule has 84 valence electrons. The Bertz CT molecular complexity index is 188. The van der Waals surface area contributed by atoms with E-state index in [9.17, 15) is 0 Å². The fourth-order valence-electron chi connectivity index (χ4n) is 1.55. The van der Waals surface area contributed by atoms with Crippen LogP contribution in [0.2, 0.25) is 0 Å². The van der Waals surface area contributed by atoms with Crippen molar-refractivity contribution in [1.82, 2.24) is 8.88 Å². The molecular formula is C8H22N4P2. The van der Waals surface area contributed by atoms with E-state index in [-0.39, 0.29) is 11.1 Å². The first-order chi connectivity index (χ1) is 6.07. The highest BCUT2D eigenvalue weighted by molar-refractivity contribution is 7.80. The molecular weight excluding hydrogens is 214 g/mol. The summed E-state index contributed by atoms with van der Waals surface area (Å²) < 4.78 is 4.51. The molecule has 0 radical (unpaired) electrons. The summed E-state index contributed by atoms with van der Waals surface area (Å²) in [4.78, 5) is 0. The molecule has 14 heavy (non-hydrogen) atoms. The highest BCUT2D eigenvalue weighted by Crippen LogP contribution is 2.74. The van der Waals surface area contributed by atoms with Crippen LogP contribution in [-0.2, 0) is 0 Å². The largest absolute Gasteiger partial charge is 0.284 e. The molecule has 1 aliphatic heterocycles. The molecule has 1 fully saturated rings. The Morgan fingerprint density at radius 1 is 0.714 bits per heavy atom. The summed E-state index contributed by atoms with van der Waals surface area (Å²) in [5, 5.41) is 0. The minimum atomic E-state index is -0.690. The standard InChI is InChI=1S/C8H22N4P2/c1-7(2,3)11-13(9)12(14(11)10)8(4,5)6/h9-10H2,1-6H3. The summed E-state index contributed by atoms with van der Waals surface area (Å²) in [7, 11) is -1.38. The molecule has 0 aromatic carbocycles. The van der Waals surface area contributed by atoms with Gasteiger partial charge in [-0.2, -0.15) is 0 Å². The van der Waals surface area contributed by atoms with E-state index >= 15 is 0 Å². The maximum Gasteiger partial charge on any atom is 0.127 e. The predicted octanol–water partition coefficient (Wildman–Crippen LogP) is 2.57. The normalized spacial score (nSPS) is 31.7. The van der Waals surface area contributed by atoms with Crippen LogP contribution in [0.15, 0.2) is 0 Å². The molecule has 0 aliphatic carbocycles. The van der Waals surface area contributed by atoms with Gasteiger partial charge < -0.3 is 0 Å². The van der Waals surface area contributed by atoms with Crippen molar-refractivity contribution < 1.29 is 0 Å². The van der Waals surface area contributed by atoms with Crippen LogP contribution in [0, 0.1) is 0 Å². The zero-order chi connectivity index (χ0) is 11.3. The van der Waals surface area contributed by atoms with E-state index in [2.05, 4.69) is 50.4 Å². The minimum Gasteiger partial charge on any atom is -0.284 e. The second kappa shape index (κ2) is 3.62. The van der Waals surface area contributed by atoms with Gasteiger partial charge in [0.05, 0.1) is 0 Å². The summed E-state index contributed by atoms with van der Waals surface area (Å²) in [5.74, 6) is 0. The van der Waals surface area contributed by atoms with E-state index in [0.717, 1.165) is 0 Å². The molecule has 0 bridgehead atoms. The Kier molecular flexibility index (Phi) is 3.30. The molecule has 0 amide bonds. The quantitative estimate of drug-likeness (QED) is 0.635. The van der Waals surface area contributed by atoms with Crippen molar-refractivity contribution in [3.05, 3.63) is 0 Å². The van der Waals surface area contributed by atoms with Crippen molar-refractivity contribution in [2.24, 2.45) is 11.0 Å². The maximum atomic E-state index is 6.18. The minimum absolute atomic E-state index is 0.0860. The summed E-state index contributed by atoms with van der Waals surface area (Å²) in [6, 6.07) is 0. The van der Waals surface area contributed by atoms with Gasteiger partial charge in [-0.1, -0.05) is 0 Å². The van der Waals surface area contributed by atoms with Crippen LogP contribution in [0.4, 0.5) is 0 Å². The molecule has 0 aromatic heterocycles. The first-order valence-electron chi connectivity index (χ1n) is 4.76. The van der Waals surface area contributed by atoms with Gasteiger partial charge in [-0.05, 0) is 41.5 Å². The number of rotatable bonds is 0. The van der Waals surface area contributed by atoms with Crippen LogP contribution in [0.25, 0.3) is 0 Å². The first-order valence-corrected chi connectivity index (χ1v) is 7.40. The highest BCUT2D eigenvalue weighted by atomic mass is 31.3. The second-order valence-corrected chi connectivity index (χ2v) is 9.07. The van der Waals surface area contributed by atoms with Gasteiger partial charge in [0, 0.05) is 11.1 Å². The zero-order valence-electron chi connectivity index (χ0n) is 9.94. The van der Waals surface area contributed by atoms with Crippen LogP contribution in [-0.4, -0.2) is 20.0 Å². The lowest BCUT2D eigenvalue weighted by atomic mass is 10.1. The molecule has 1 saturated heterocycles. The van der Waals surface area contributed by atoms with Crippen molar-refractivity contribution in [1.29, 1.82) is 0 Å². The van der Waals surface area contributed by atoms with Crippen molar-refractivity contribution in [3.63, 3.8) is 0 Å². The van der Waals surface area contributed by atoms with Crippen LogP contribution in [0.1, 0.15) is 41.5 Å². The molecule has 1 aliphatic rings. The van der Waals surface area contributed by atoms with Gasteiger partial charge in [-0.3, -0.25) is 11.0 Å². The lowest BCUT2D eigenvalue weighted by molar-refractivity contribution is 0.282. The van der Waals surface area contributed by atoms with E-state index in [1.165, 1.54) is 0 Å². The third-order valence-electron chi connectivity index (χ3n) is 1.98. The maximum absolute atomic E-state index is 6.18. The van der Waals surface area contributed by atoms with Gasteiger partial charge in [0.15, 0.2) is 0 Å². The average molecular weight is 236 g/mol. The first kappa shape index (κ1) is 12.8. The highest BCUT2D eigenvalue weighted by Gasteiger charge is 2.53. The van der Waals surface area contributed by atoms with Gasteiger partial charge in [0.25, 0.3) is 0 Å². The molecule has 1 heterocycles. The van der Waals surface area contributed by atoms with Crippen LogP contribution in [0.5, 0.6) is 0 Å². The van der Waals surface area contributed by atoms with Gasteiger partial charge in [-0.15, -0.1) is 0 Å². The predicted molar refractivity (Wildman–Crippen MR) is 65.4 cm³/mol. The monoisotopic (exact) mass is 236 g/mol. The lowest BCUT2D eigenvalue weighted by Crippen LogP contribution is -2.56. The molecule has 0 unspecified atom stereocenters. The second-order valence-electron chi connectivity index (χ2n) is 5.56. The van der Waals surface area contributed by atoms with Gasteiger partial charge in [-0.25, -0.2) is 8.88 Å². The summed E-state index contributed by atoms with van der Waals surface area (Å²) in [6.07, 6.45) is 0. The summed E-state index contributed by atoms with van der Waals surface area (Å²) in [6.45, 7) is 13.0. The third kappa shape index (κ3) is 2.11. The van der Waals surface area contributed by atoms with E-state index < -0.39 is 16.7 Å². The van der Waals surface area contributed by atoms with E-state index in [1.807, 2.05) is 0 Å². The third-order valence-corrected chi connectivity index (χ3v) is 8.13. The summed E-state index contributed by atoms with van der Waals surface area (Å²) in [5.41, 5.74) is 12.5. The Morgan fingerprint density at radius 2 is 0.929 bits per heavy atom. The van der Waals surface area contributed by atoms with Crippen LogP contribution < -0.4 is 11.0 Å². The smallest absolute Gasteiger partial charge is 0.127 e. The Morgan fingerprint density at radius 3 is 1.07 bits per heavy atom. The molecule has 0 atom stereocenters. The van der Waals surface area contributed by atoms with E-state index in [1.54, 1.807) is 0 Å². The Labute approximate surface area is 89.8 Å². The average Bonchev–Trinajstić information content (AvgIpc) is 1.78. The fraction of sp³-hybridized carbons (Fsp3) is 1.00. The summed E-state index contributed by atoms with van der Waals surface area (Å²) >= 11 is 0. The van der Waals surface area contributed by atoms with Crippen molar-refractivity contribution in [3.8, 4) is 0 Å². The van der Waals surface area contributed by atoms with E-state index in [0.29, 0.717) is 0 Å². The zero-order valence-corrected chi connectivity index (χ0v) is 11.7. The Hall–Kier alpha value is 0.700. The van der Waals surface area contributed by atoms with Gasteiger partial charge in [0.1, 0.15) is 16.7 Å². The molecule has 4 nitrogen and oxygen atoms in total. The lowest BCUT2D eigenvalue weighted by Gasteiger charge is -2.61. The fourth-order valence-corrected chi connectivity index (χ4v) is 6.27. The van der Waals surface area contributed by atoms with Crippen molar-refractivity contribution >= 4 is 16.7 Å². The van der Waals surface area contributed by atoms with Crippen LogP contribution >= 0.6 is 16.7 Å². The molecule has 0 saturated carbocycles. The molecule has 0 spiro atoms. The van der Waals surface area contributed by atoms with Crippen molar-refractivity contribution in [2.75, 3.05) is 0 Å². The molecule has 6 heteroatoms. The Balaban J connectivity index is 2.76. The molecule has 4 N–H and O–H groups in total. The van der Waals surface area contributed by atoms with Gasteiger partial charge in [0.2, 0.25) is 0 Å². The number of hydrogen-bond donors (Lipinski definition) is 2. The number of hydrogen-bond acceptors (Lipinski definition) is 4. The number of nitrogens with zero attached hydrogens (tertiary/aromatic N) is 2. The molecule has 0 aromatic rings. The number of nitrogens with two attached hydrogens (primary N) is 2. The SMILES string of the molecule is CC(C)(C)N1P(N)N(C(C)(C)C)P1N. The van der Waals surface area contributed by atoms with E-state index in [4.69, 9.17) is 11.0 Å². The molecule has 1 rings (SSSR count). The van der Waals surface area contributed by atoms with Gasteiger partial charge >= 0.3 is 0 Å². The van der Waals surface area contributed by atoms with Crippen LogP contribution in [0.3, 0.4) is 0 Å².